The number of hydrogen-bond acceptors (Lipinski definition) is 1. The predicted molar refractivity (Wildman–Crippen MR) is 47.1 cm³/mol. The number of rotatable bonds is 0. The molecule has 0 amide bonds. The van der Waals surface area contributed by atoms with Crippen molar-refractivity contribution in [1.29, 1.82) is 0 Å². The lowest BCUT2D eigenvalue weighted by atomic mass is 10.0. The lowest BCUT2D eigenvalue weighted by Gasteiger charge is -2.10. The van der Waals surface area contributed by atoms with Gasteiger partial charge in [-0.25, -0.2) is 0 Å². The van der Waals surface area contributed by atoms with Gasteiger partial charge in [0.1, 0.15) is 0 Å². The van der Waals surface area contributed by atoms with Crippen LogP contribution < -0.4 is 5.32 Å². The molecule has 0 fully saturated rings. The zero-order valence-electron chi connectivity index (χ0n) is 6.75. The number of hydrogen-bond donors (Lipinski definition) is 1. The zero-order chi connectivity index (χ0) is 7.68. The Morgan fingerprint density at radius 2 is 2.36 bits per heavy atom. The van der Waals surface area contributed by atoms with E-state index in [-0.39, 0.29) is 0 Å². The minimum atomic E-state index is 0.521. The van der Waals surface area contributed by atoms with Crippen LogP contribution in [0.3, 0.4) is 0 Å². The molecule has 1 nitrogen and oxygen atoms in total. The van der Waals surface area contributed by atoms with E-state index in [4.69, 9.17) is 0 Å². The maximum absolute atomic E-state index is 3.31. The fourth-order valence-corrected chi connectivity index (χ4v) is 1.65. The highest BCUT2D eigenvalue weighted by Crippen LogP contribution is 2.21. The van der Waals surface area contributed by atoms with Crippen molar-refractivity contribution in [2.45, 2.75) is 19.4 Å². The van der Waals surface area contributed by atoms with Crippen LogP contribution in [-0.4, -0.2) is 6.04 Å². The molecule has 0 spiro atoms. The van der Waals surface area contributed by atoms with Crippen molar-refractivity contribution in [3.05, 3.63) is 36.1 Å². The van der Waals surface area contributed by atoms with Crippen LogP contribution in [0.5, 0.6) is 0 Å². The van der Waals surface area contributed by atoms with Gasteiger partial charge in [0.05, 0.1) is 6.04 Å². The Morgan fingerprint density at radius 3 is 3.27 bits per heavy atom. The Kier molecular flexibility index (Phi) is 1.57. The number of fused-ring (bicyclic) bond motifs is 1. The summed E-state index contributed by atoms with van der Waals surface area (Å²) >= 11 is 0. The molecule has 0 aromatic rings. The SMILES string of the molecule is CC1=CC2C=CNC2C=CC1. The molecule has 58 valence electrons. The summed E-state index contributed by atoms with van der Waals surface area (Å²) in [5.41, 5.74) is 1.47. The van der Waals surface area contributed by atoms with Gasteiger partial charge in [-0.15, -0.1) is 0 Å². The van der Waals surface area contributed by atoms with E-state index >= 15 is 0 Å². The molecule has 2 aliphatic rings. The van der Waals surface area contributed by atoms with Crippen LogP contribution in [0.25, 0.3) is 0 Å². The Labute approximate surface area is 67.5 Å². The van der Waals surface area contributed by atoms with E-state index in [1.54, 1.807) is 0 Å². The number of nitrogens with one attached hydrogen (secondary N) is 1. The molecule has 0 bridgehead atoms. The van der Waals surface area contributed by atoms with Gasteiger partial charge in [0.25, 0.3) is 0 Å². The first-order chi connectivity index (χ1) is 5.36. The van der Waals surface area contributed by atoms with Gasteiger partial charge in [0, 0.05) is 5.92 Å². The highest BCUT2D eigenvalue weighted by Gasteiger charge is 2.18. The van der Waals surface area contributed by atoms with Crippen LogP contribution in [0.15, 0.2) is 36.1 Å². The van der Waals surface area contributed by atoms with E-state index in [0.29, 0.717) is 12.0 Å². The second kappa shape index (κ2) is 2.57. The molecule has 0 radical (unpaired) electrons. The van der Waals surface area contributed by atoms with Crippen molar-refractivity contribution < 1.29 is 0 Å². The zero-order valence-corrected chi connectivity index (χ0v) is 6.75. The minimum Gasteiger partial charge on any atom is -0.384 e. The molecule has 2 atom stereocenters. The number of allylic oxidation sites excluding steroid dienone is 2. The summed E-state index contributed by atoms with van der Waals surface area (Å²) in [6.45, 7) is 2.19. The van der Waals surface area contributed by atoms with Crippen LogP contribution >= 0.6 is 0 Å². The molecule has 2 rings (SSSR count). The van der Waals surface area contributed by atoms with Crippen LogP contribution in [0.4, 0.5) is 0 Å². The van der Waals surface area contributed by atoms with Gasteiger partial charge < -0.3 is 5.32 Å². The third kappa shape index (κ3) is 1.23. The van der Waals surface area contributed by atoms with Crippen molar-refractivity contribution in [3.63, 3.8) is 0 Å². The fourth-order valence-electron chi connectivity index (χ4n) is 1.65. The minimum absolute atomic E-state index is 0.521. The smallest absolute Gasteiger partial charge is 0.0537 e. The molecule has 0 aromatic carbocycles. The van der Waals surface area contributed by atoms with E-state index in [9.17, 15) is 0 Å². The summed E-state index contributed by atoms with van der Waals surface area (Å²) in [7, 11) is 0. The van der Waals surface area contributed by atoms with Gasteiger partial charge in [-0.3, -0.25) is 0 Å². The second-order valence-electron chi connectivity index (χ2n) is 3.27. The molecule has 2 unspecified atom stereocenters. The first-order valence-electron chi connectivity index (χ1n) is 4.13. The molecular weight excluding hydrogens is 134 g/mol. The molecule has 0 aromatic heterocycles. The Hall–Kier alpha value is -0.980. The molecule has 1 heteroatoms. The Balaban J connectivity index is 2.26. The lowest BCUT2D eigenvalue weighted by molar-refractivity contribution is 0.656. The summed E-state index contributed by atoms with van der Waals surface area (Å²) in [4.78, 5) is 0. The molecule has 1 aliphatic carbocycles. The van der Waals surface area contributed by atoms with Crippen molar-refractivity contribution in [2.24, 2.45) is 5.92 Å². The largest absolute Gasteiger partial charge is 0.384 e. The van der Waals surface area contributed by atoms with E-state index in [1.807, 2.05) is 0 Å². The summed E-state index contributed by atoms with van der Waals surface area (Å²) < 4.78 is 0. The maximum Gasteiger partial charge on any atom is 0.0537 e. The molecular formula is C10H13N. The second-order valence-corrected chi connectivity index (χ2v) is 3.27. The van der Waals surface area contributed by atoms with Crippen LogP contribution in [0, 0.1) is 5.92 Å². The molecule has 11 heavy (non-hydrogen) atoms. The topological polar surface area (TPSA) is 12.0 Å². The first kappa shape index (κ1) is 6.71. The van der Waals surface area contributed by atoms with Crippen molar-refractivity contribution in [2.75, 3.05) is 0 Å². The highest BCUT2D eigenvalue weighted by atomic mass is 14.9. The average Bonchev–Trinajstić information content (AvgIpc) is 2.31. The fraction of sp³-hybridized carbons (Fsp3) is 0.400. The maximum atomic E-state index is 3.31. The van der Waals surface area contributed by atoms with Crippen LogP contribution in [-0.2, 0) is 0 Å². The Bertz CT molecular complexity index is 235. The summed E-state index contributed by atoms with van der Waals surface area (Å²) in [6.07, 6.45) is 12.2. The van der Waals surface area contributed by atoms with Crippen molar-refractivity contribution >= 4 is 0 Å². The monoisotopic (exact) mass is 147 g/mol. The summed E-state index contributed by atoms with van der Waals surface area (Å²) in [6, 6.07) is 0.521. The molecule has 0 saturated carbocycles. The van der Waals surface area contributed by atoms with Gasteiger partial charge in [0.15, 0.2) is 0 Å². The Morgan fingerprint density at radius 1 is 1.45 bits per heavy atom. The van der Waals surface area contributed by atoms with E-state index < -0.39 is 0 Å². The van der Waals surface area contributed by atoms with Crippen LogP contribution in [0.2, 0.25) is 0 Å². The van der Waals surface area contributed by atoms with Crippen LogP contribution in [0.1, 0.15) is 13.3 Å². The summed E-state index contributed by atoms with van der Waals surface area (Å²) in [5, 5.41) is 3.31. The highest BCUT2D eigenvalue weighted by molar-refractivity contribution is 5.23. The molecule has 1 aliphatic heterocycles. The van der Waals surface area contributed by atoms with Gasteiger partial charge in [-0.1, -0.05) is 29.9 Å². The lowest BCUT2D eigenvalue weighted by Crippen LogP contribution is -2.22. The quantitative estimate of drug-likeness (QED) is 0.517. The summed E-state index contributed by atoms with van der Waals surface area (Å²) in [5.74, 6) is 0.591. The normalized spacial score (nSPS) is 34.1. The predicted octanol–water partition coefficient (Wildman–Crippen LogP) is 1.99. The van der Waals surface area contributed by atoms with E-state index in [2.05, 4.69) is 42.7 Å². The van der Waals surface area contributed by atoms with Crippen molar-refractivity contribution in [1.82, 2.24) is 5.32 Å². The third-order valence-electron chi connectivity index (χ3n) is 2.28. The average molecular weight is 147 g/mol. The van der Waals surface area contributed by atoms with Gasteiger partial charge in [0.2, 0.25) is 0 Å². The van der Waals surface area contributed by atoms with E-state index in [0.717, 1.165) is 6.42 Å². The molecule has 0 saturated heterocycles. The van der Waals surface area contributed by atoms with Crippen molar-refractivity contribution in [3.8, 4) is 0 Å². The molecule has 1 N–H and O–H groups in total. The van der Waals surface area contributed by atoms with Gasteiger partial charge in [-0.2, -0.15) is 0 Å². The van der Waals surface area contributed by atoms with Gasteiger partial charge in [-0.05, 0) is 19.5 Å². The van der Waals surface area contributed by atoms with Gasteiger partial charge >= 0.3 is 0 Å². The van der Waals surface area contributed by atoms with E-state index in [1.165, 1.54) is 5.57 Å². The third-order valence-corrected chi connectivity index (χ3v) is 2.28. The standard InChI is InChI=1S/C10H13N/c1-8-3-2-4-10-9(7-8)5-6-11-10/h2,4-7,9-11H,3H2,1H3. The first-order valence-corrected chi connectivity index (χ1v) is 4.13. The molecule has 1 heterocycles.